The smallest absolute Gasteiger partial charge is 0.250 e. The first-order valence-corrected chi connectivity index (χ1v) is 11.5. The largest absolute Gasteiger partial charge is 0.454 e. The number of carbonyl (C=O) groups is 2. The second kappa shape index (κ2) is 9.84. The molecule has 0 saturated carbocycles. The quantitative estimate of drug-likeness (QED) is 0.303. The zero-order valence-corrected chi connectivity index (χ0v) is 19.0. The summed E-state index contributed by atoms with van der Waals surface area (Å²) in [5.74, 6) is 1.07. The summed E-state index contributed by atoms with van der Waals surface area (Å²) in [4.78, 5) is 24.4. The Bertz CT molecular complexity index is 1190. The molecule has 3 aromatic rings. The van der Waals surface area contributed by atoms with Gasteiger partial charge in [0.15, 0.2) is 15.8 Å². The normalized spacial score (nSPS) is 12.2. The van der Waals surface area contributed by atoms with Crippen molar-refractivity contribution in [2.75, 3.05) is 23.2 Å². The first kappa shape index (κ1) is 21.8. The van der Waals surface area contributed by atoms with E-state index < -0.39 is 0 Å². The Labute approximate surface area is 193 Å². The molecule has 2 aromatic carbocycles. The number of nitrogens with zero attached hydrogens (tertiary/aromatic N) is 2. The minimum Gasteiger partial charge on any atom is -0.454 e. The van der Waals surface area contributed by atoms with E-state index in [1.54, 1.807) is 18.2 Å². The maximum Gasteiger partial charge on any atom is 0.250 e. The Kier molecular flexibility index (Phi) is 6.72. The molecule has 8 nitrogen and oxygen atoms in total. The van der Waals surface area contributed by atoms with Crippen molar-refractivity contribution in [2.45, 2.75) is 18.2 Å². The highest BCUT2D eigenvalue weighted by Gasteiger charge is 2.13. The summed E-state index contributed by atoms with van der Waals surface area (Å²) >= 11 is 2.48. The highest BCUT2D eigenvalue weighted by atomic mass is 32.2. The second-order valence-electron chi connectivity index (χ2n) is 6.96. The van der Waals surface area contributed by atoms with Gasteiger partial charge in [0, 0.05) is 11.8 Å². The number of hydrogen-bond acceptors (Lipinski definition) is 8. The van der Waals surface area contributed by atoms with E-state index in [0.717, 1.165) is 22.4 Å². The van der Waals surface area contributed by atoms with Gasteiger partial charge >= 0.3 is 0 Å². The monoisotopic (exact) mass is 468 g/mol. The molecular weight excluding hydrogens is 448 g/mol. The molecule has 0 fully saturated rings. The van der Waals surface area contributed by atoms with Crippen LogP contribution in [-0.4, -0.2) is 34.6 Å². The summed E-state index contributed by atoms with van der Waals surface area (Å²) in [6.45, 7) is 4.16. The third-order valence-electron chi connectivity index (χ3n) is 4.44. The molecule has 0 spiro atoms. The van der Waals surface area contributed by atoms with Crippen LogP contribution in [0, 0.1) is 13.8 Å². The third-order valence-corrected chi connectivity index (χ3v) is 6.42. The van der Waals surface area contributed by atoms with Crippen LogP contribution in [0.2, 0.25) is 0 Å². The van der Waals surface area contributed by atoms with Crippen LogP contribution in [0.5, 0.6) is 11.5 Å². The van der Waals surface area contributed by atoms with Gasteiger partial charge in [0.2, 0.25) is 23.7 Å². The predicted molar refractivity (Wildman–Crippen MR) is 125 cm³/mol. The van der Waals surface area contributed by atoms with E-state index in [4.69, 9.17) is 9.47 Å². The number of ether oxygens (including phenoxy) is 2. The first-order valence-electron chi connectivity index (χ1n) is 9.68. The zero-order chi connectivity index (χ0) is 22.5. The van der Waals surface area contributed by atoms with Crippen molar-refractivity contribution in [3.8, 4) is 11.5 Å². The van der Waals surface area contributed by atoms with Crippen molar-refractivity contribution < 1.29 is 19.1 Å². The topological polar surface area (TPSA) is 102 Å². The lowest BCUT2D eigenvalue weighted by atomic mass is 10.1. The number of aryl methyl sites for hydroxylation is 2. The Morgan fingerprint density at radius 3 is 2.78 bits per heavy atom. The third kappa shape index (κ3) is 5.65. The molecule has 2 amide bonds. The summed E-state index contributed by atoms with van der Waals surface area (Å²) in [7, 11) is 0. The molecule has 2 N–H and O–H groups in total. The molecular formula is C22H20N4O4S2. The Morgan fingerprint density at radius 1 is 1.09 bits per heavy atom. The van der Waals surface area contributed by atoms with Crippen LogP contribution >= 0.6 is 23.1 Å². The van der Waals surface area contributed by atoms with Crippen LogP contribution in [0.4, 0.5) is 10.8 Å². The number of thioether (sulfide) groups is 1. The molecule has 2 heterocycles. The van der Waals surface area contributed by atoms with E-state index in [1.807, 2.05) is 38.1 Å². The molecule has 0 atom stereocenters. The van der Waals surface area contributed by atoms with Gasteiger partial charge in [-0.25, -0.2) is 0 Å². The van der Waals surface area contributed by atoms with Gasteiger partial charge in [0.1, 0.15) is 0 Å². The van der Waals surface area contributed by atoms with Gasteiger partial charge in [0.05, 0.1) is 5.75 Å². The van der Waals surface area contributed by atoms with Crippen molar-refractivity contribution in [3.05, 3.63) is 59.2 Å². The van der Waals surface area contributed by atoms with Crippen LogP contribution < -0.4 is 20.1 Å². The summed E-state index contributed by atoms with van der Waals surface area (Å²) < 4.78 is 11.2. The fourth-order valence-corrected chi connectivity index (χ4v) is 4.48. The van der Waals surface area contributed by atoms with Crippen molar-refractivity contribution in [3.63, 3.8) is 0 Å². The van der Waals surface area contributed by atoms with Crippen LogP contribution in [0.1, 0.15) is 16.7 Å². The Hall–Kier alpha value is -3.37. The van der Waals surface area contributed by atoms with Gasteiger partial charge in [-0.05, 0) is 49.2 Å². The number of anilines is 2. The average Bonchev–Trinajstić information content (AvgIpc) is 3.41. The van der Waals surface area contributed by atoms with Crippen molar-refractivity contribution >= 4 is 51.8 Å². The van der Waals surface area contributed by atoms with Gasteiger partial charge in [0.25, 0.3) is 0 Å². The Morgan fingerprint density at radius 2 is 1.94 bits per heavy atom. The average molecular weight is 469 g/mol. The lowest BCUT2D eigenvalue weighted by Crippen LogP contribution is -2.14. The van der Waals surface area contributed by atoms with E-state index in [1.165, 1.54) is 29.2 Å². The lowest BCUT2D eigenvalue weighted by Gasteiger charge is -2.08. The molecule has 164 valence electrons. The molecule has 0 aliphatic carbocycles. The molecule has 1 aliphatic rings. The van der Waals surface area contributed by atoms with Crippen molar-refractivity contribution in [1.82, 2.24) is 10.2 Å². The fraction of sp³-hybridized carbons (Fsp3) is 0.182. The molecule has 0 saturated heterocycles. The predicted octanol–water partition coefficient (Wildman–Crippen LogP) is 4.27. The van der Waals surface area contributed by atoms with Crippen LogP contribution in [-0.2, 0) is 9.59 Å². The number of rotatable bonds is 7. The van der Waals surface area contributed by atoms with Crippen LogP contribution in [0.25, 0.3) is 6.08 Å². The number of carbonyl (C=O) groups excluding carboxylic acids is 2. The Balaban J connectivity index is 1.26. The zero-order valence-electron chi connectivity index (χ0n) is 17.4. The SMILES string of the molecule is Cc1ccc(NC(=O)CSc2nnc(NC(=O)/C=C\c3ccc4c(c3)OCO4)s2)c(C)c1. The van der Waals surface area contributed by atoms with Crippen LogP contribution in [0.15, 0.2) is 46.8 Å². The highest BCUT2D eigenvalue weighted by molar-refractivity contribution is 8.01. The minimum absolute atomic E-state index is 0.130. The molecule has 32 heavy (non-hydrogen) atoms. The van der Waals surface area contributed by atoms with Crippen LogP contribution in [0.3, 0.4) is 0 Å². The molecule has 0 bridgehead atoms. The summed E-state index contributed by atoms with van der Waals surface area (Å²) in [5, 5.41) is 13.9. The standard InChI is InChI=1S/C22H20N4O4S2/c1-13-3-6-16(14(2)9-13)23-20(28)11-31-22-26-25-21(32-22)24-19(27)8-5-15-4-7-17-18(10-15)30-12-29-17/h3-10H,11-12H2,1-2H3,(H,23,28)(H,24,25,27)/b8-5-. The summed E-state index contributed by atoms with van der Waals surface area (Å²) in [6, 6.07) is 11.3. The highest BCUT2D eigenvalue weighted by Crippen LogP contribution is 2.33. The molecule has 4 rings (SSSR count). The first-order chi connectivity index (χ1) is 15.5. The number of fused-ring (bicyclic) bond motifs is 1. The molecule has 1 aromatic heterocycles. The molecule has 0 unspecified atom stereocenters. The van der Waals surface area contributed by atoms with E-state index >= 15 is 0 Å². The number of nitrogens with one attached hydrogen (secondary N) is 2. The van der Waals surface area contributed by atoms with E-state index in [-0.39, 0.29) is 24.4 Å². The number of aromatic nitrogens is 2. The molecule has 10 heteroatoms. The lowest BCUT2D eigenvalue weighted by molar-refractivity contribution is -0.114. The number of amides is 2. The van der Waals surface area contributed by atoms with Gasteiger partial charge < -0.3 is 14.8 Å². The maximum absolute atomic E-state index is 12.2. The number of benzene rings is 2. The van der Waals surface area contributed by atoms with Crippen molar-refractivity contribution in [1.29, 1.82) is 0 Å². The van der Waals surface area contributed by atoms with E-state index in [2.05, 4.69) is 20.8 Å². The fourth-order valence-electron chi connectivity index (χ4n) is 2.92. The minimum atomic E-state index is -0.331. The maximum atomic E-state index is 12.2. The second-order valence-corrected chi connectivity index (χ2v) is 9.16. The van der Waals surface area contributed by atoms with E-state index in [9.17, 15) is 9.59 Å². The van der Waals surface area contributed by atoms with E-state index in [0.29, 0.717) is 21.0 Å². The summed E-state index contributed by atoms with van der Waals surface area (Å²) in [5.41, 5.74) is 3.76. The van der Waals surface area contributed by atoms with Gasteiger partial charge in [-0.15, -0.1) is 10.2 Å². The molecule has 1 aliphatic heterocycles. The number of hydrogen-bond donors (Lipinski definition) is 2. The van der Waals surface area contributed by atoms with Gasteiger partial charge in [-0.3, -0.25) is 14.9 Å². The van der Waals surface area contributed by atoms with Gasteiger partial charge in [-0.1, -0.05) is 46.9 Å². The van der Waals surface area contributed by atoms with Gasteiger partial charge in [-0.2, -0.15) is 0 Å². The summed E-state index contributed by atoms with van der Waals surface area (Å²) in [6.07, 6.45) is 3.08. The molecule has 0 radical (unpaired) electrons. The van der Waals surface area contributed by atoms with Crippen molar-refractivity contribution in [2.24, 2.45) is 0 Å².